The van der Waals surface area contributed by atoms with Gasteiger partial charge in [0.05, 0.1) is 5.92 Å². The number of ketones is 2. The van der Waals surface area contributed by atoms with Gasteiger partial charge < -0.3 is 4.74 Å². The first-order valence-corrected chi connectivity index (χ1v) is 9.65. The van der Waals surface area contributed by atoms with Gasteiger partial charge in [0.2, 0.25) is 17.2 Å². The lowest BCUT2D eigenvalue weighted by Crippen LogP contribution is -2.48. The summed E-state index contributed by atoms with van der Waals surface area (Å²) in [6.45, 7) is 0. The zero-order valence-corrected chi connectivity index (χ0v) is 15.8. The third-order valence-corrected chi connectivity index (χ3v) is 6.02. The fourth-order valence-electron chi connectivity index (χ4n) is 4.76. The molecule has 2 aliphatic rings. The van der Waals surface area contributed by atoms with E-state index in [0.717, 1.165) is 0 Å². The molecule has 0 radical (unpaired) electrons. The molecule has 1 heterocycles. The van der Waals surface area contributed by atoms with Crippen molar-refractivity contribution in [3.05, 3.63) is 117 Å². The van der Waals surface area contributed by atoms with E-state index in [1.807, 2.05) is 0 Å². The summed E-state index contributed by atoms with van der Waals surface area (Å²) >= 11 is 0. The molecule has 1 aliphatic heterocycles. The Balaban J connectivity index is 1.77. The smallest absolute Gasteiger partial charge is 0.253 e. The Labute approximate surface area is 172 Å². The van der Waals surface area contributed by atoms with E-state index in [1.165, 1.54) is 0 Å². The van der Waals surface area contributed by atoms with Crippen molar-refractivity contribution in [1.82, 2.24) is 0 Å². The van der Waals surface area contributed by atoms with Gasteiger partial charge in [0.1, 0.15) is 0 Å². The van der Waals surface area contributed by atoms with Crippen LogP contribution in [-0.4, -0.2) is 28.1 Å². The van der Waals surface area contributed by atoms with Gasteiger partial charge in [-0.15, -0.1) is 0 Å². The monoisotopic (exact) mass is 399 g/mol. The summed E-state index contributed by atoms with van der Waals surface area (Å²) in [7, 11) is 0. The highest BCUT2D eigenvalue weighted by Crippen LogP contribution is 2.55. The standard InChI is InChI=1S/C24H17NO5/c26-22-17-13-7-8-14-18(17)23(27)24(22)19(15-9-3-1-4-10-15)20(25(28)29)21(30-24)16-11-5-2-6-12-16/h1-14,19-21H/t19-,20+,21+/m1/s1. The SMILES string of the molecule is O=C1c2ccccc2C(=O)C12O[C@@H](c1ccccc1)[C@@H]([N+](=O)[O-])[C@H]2c1ccccc1. The Morgan fingerprint density at radius 1 is 0.733 bits per heavy atom. The third-order valence-electron chi connectivity index (χ3n) is 6.02. The summed E-state index contributed by atoms with van der Waals surface area (Å²) in [5.41, 5.74) is -0.359. The van der Waals surface area contributed by atoms with Crippen LogP contribution in [-0.2, 0) is 4.74 Å². The van der Waals surface area contributed by atoms with Crippen molar-refractivity contribution < 1.29 is 19.2 Å². The molecule has 6 nitrogen and oxygen atoms in total. The molecule has 148 valence electrons. The number of nitrogens with zero attached hydrogens (tertiary/aromatic N) is 1. The number of fused-ring (bicyclic) bond motifs is 1. The van der Waals surface area contributed by atoms with Gasteiger partial charge in [-0.2, -0.15) is 0 Å². The molecule has 3 atom stereocenters. The third kappa shape index (κ3) is 2.40. The van der Waals surface area contributed by atoms with E-state index < -0.39 is 40.2 Å². The quantitative estimate of drug-likeness (QED) is 0.377. The number of Topliss-reactive ketones (excluding diaryl/α,β-unsaturated/α-hetero) is 2. The molecule has 0 unspecified atom stereocenters. The molecular formula is C24H17NO5. The summed E-state index contributed by atoms with van der Waals surface area (Å²) < 4.78 is 6.20. The molecule has 3 aromatic rings. The molecule has 1 spiro atoms. The summed E-state index contributed by atoms with van der Waals surface area (Å²) in [4.78, 5) is 39.1. The maximum Gasteiger partial charge on any atom is 0.253 e. The van der Waals surface area contributed by atoms with E-state index in [2.05, 4.69) is 0 Å². The number of hydrogen-bond donors (Lipinski definition) is 0. The van der Waals surface area contributed by atoms with Gasteiger partial charge in [0, 0.05) is 16.1 Å². The highest BCUT2D eigenvalue weighted by atomic mass is 16.6. The normalized spacial score (nSPS) is 24.2. The maximum atomic E-state index is 13.6. The first-order valence-electron chi connectivity index (χ1n) is 9.65. The Kier molecular flexibility index (Phi) is 4.11. The fraction of sp³-hybridized carbons (Fsp3) is 0.167. The number of carbonyl (C=O) groups excluding carboxylic acids is 2. The predicted molar refractivity (Wildman–Crippen MR) is 108 cm³/mol. The van der Waals surface area contributed by atoms with Crippen LogP contribution >= 0.6 is 0 Å². The molecular weight excluding hydrogens is 382 g/mol. The fourth-order valence-corrected chi connectivity index (χ4v) is 4.76. The topological polar surface area (TPSA) is 86.5 Å². The molecule has 0 aromatic heterocycles. The minimum absolute atomic E-state index is 0.249. The number of carbonyl (C=O) groups is 2. The van der Waals surface area contributed by atoms with E-state index in [-0.39, 0.29) is 11.1 Å². The number of nitro groups is 1. The van der Waals surface area contributed by atoms with Gasteiger partial charge in [0.25, 0.3) is 6.04 Å². The Hall–Kier alpha value is -3.64. The average Bonchev–Trinajstić information content (AvgIpc) is 3.26. The van der Waals surface area contributed by atoms with Gasteiger partial charge in [-0.1, -0.05) is 84.9 Å². The van der Waals surface area contributed by atoms with Gasteiger partial charge in [-0.25, -0.2) is 0 Å². The second-order valence-electron chi connectivity index (χ2n) is 7.55. The summed E-state index contributed by atoms with van der Waals surface area (Å²) in [6, 6.07) is 22.7. The van der Waals surface area contributed by atoms with E-state index in [0.29, 0.717) is 11.1 Å². The Morgan fingerprint density at radius 3 is 1.70 bits per heavy atom. The van der Waals surface area contributed by atoms with Crippen LogP contribution in [0.1, 0.15) is 43.9 Å². The van der Waals surface area contributed by atoms with Crippen LogP contribution in [0.25, 0.3) is 0 Å². The lowest BCUT2D eigenvalue weighted by molar-refractivity contribution is -0.531. The van der Waals surface area contributed by atoms with E-state index >= 15 is 0 Å². The van der Waals surface area contributed by atoms with Crippen molar-refractivity contribution in [2.45, 2.75) is 23.7 Å². The molecule has 1 aliphatic carbocycles. The second kappa shape index (κ2) is 6.71. The van der Waals surface area contributed by atoms with Gasteiger partial charge in [0.15, 0.2) is 6.10 Å². The first kappa shape index (κ1) is 18.4. The highest BCUT2D eigenvalue weighted by Gasteiger charge is 2.71. The predicted octanol–water partition coefficient (Wildman–Crippen LogP) is 4.01. The van der Waals surface area contributed by atoms with E-state index in [1.54, 1.807) is 84.9 Å². The van der Waals surface area contributed by atoms with Crippen molar-refractivity contribution in [1.29, 1.82) is 0 Å². The summed E-state index contributed by atoms with van der Waals surface area (Å²) in [5.74, 6) is -2.07. The molecule has 0 bridgehead atoms. The average molecular weight is 399 g/mol. The molecule has 0 amide bonds. The number of benzene rings is 3. The molecule has 0 saturated carbocycles. The lowest BCUT2D eigenvalue weighted by Gasteiger charge is -2.26. The van der Waals surface area contributed by atoms with Crippen molar-refractivity contribution in [2.24, 2.45) is 0 Å². The largest absolute Gasteiger partial charge is 0.342 e. The Morgan fingerprint density at radius 2 is 1.20 bits per heavy atom. The van der Waals surface area contributed by atoms with Gasteiger partial charge >= 0.3 is 0 Å². The number of hydrogen-bond acceptors (Lipinski definition) is 5. The molecule has 1 fully saturated rings. The van der Waals surface area contributed by atoms with Crippen molar-refractivity contribution >= 4 is 11.6 Å². The molecule has 3 aromatic carbocycles. The first-order chi connectivity index (χ1) is 14.6. The lowest BCUT2D eigenvalue weighted by atomic mass is 9.75. The number of rotatable bonds is 3. The van der Waals surface area contributed by atoms with Crippen LogP contribution in [0.3, 0.4) is 0 Å². The van der Waals surface area contributed by atoms with Gasteiger partial charge in [-0.05, 0) is 11.1 Å². The van der Waals surface area contributed by atoms with Crippen LogP contribution in [0.2, 0.25) is 0 Å². The molecule has 1 saturated heterocycles. The van der Waals surface area contributed by atoms with E-state index in [4.69, 9.17) is 4.74 Å². The second-order valence-corrected chi connectivity index (χ2v) is 7.55. The van der Waals surface area contributed by atoms with Crippen LogP contribution in [0, 0.1) is 10.1 Å². The van der Waals surface area contributed by atoms with Crippen LogP contribution in [0.15, 0.2) is 84.9 Å². The summed E-state index contributed by atoms with van der Waals surface area (Å²) in [6.07, 6.45) is -1.03. The van der Waals surface area contributed by atoms with Gasteiger partial charge in [-0.3, -0.25) is 19.7 Å². The molecule has 6 heteroatoms. The zero-order chi connectivity index (χ0) is 20.9. The van der Waals surface area contributed by atoms with Crippen LogP contribution in [0.5, 0.6) is 0 Å². The minimum Gasteiger partial charge on any atom is -0.342 e. The molecule has 30 heavy (non-hydrogen) atoms. The maximum absolute atomic E-state index is 13.6. The van der Waals surface area contributed by atoms with Crippen molar-refractivity contribution in [2.75, 3.05) is 0 Å². The summed E-state index contributed by atoms with van der Waals surface area (Å²) in [5, 5.41) is 12.3. The Bertz CT molecular complexity index is 1120. The van der Waals surface area contributed by atoms with E-state index in [9.17, 15) is 19.7 Å². The molecule has 5 rings (SSSR count). The highest BCUT2D eigenvalue weighted by molar-refractivity contribution is 6.33. The van der Waals surface area contributed by atoms with Crippen molar-refractivity contribution in [3.8, 4) is 0 Å². The van der Waals surface area contributed by atoms with Crippen LogP contribution < -0.4 is 0 Å². The molecule has 0 N–H and O–H groups in total. The van der Waals surface area contributed by atoms with Crippen molar-refractivity contribution in [3.63, 3.8) is 0 Å². The zero-order valence-electron chi connectivity index (χ0n) is 15.8. The van der Waals surface area contributed by atoms with Crippen LogP contribution in [0.4, 0.5) is 0 Å². The minimum atomic E-state index is -1.96. The number of ether oxygens (including phenoxy) is 1.